The van der Waals surface area contributed by atoms with Crippen LogP contribution in [0.5, 0.6) is 0 Å². The van der Waals surface area contributed by atoms with Crippen LogP contribution in [0.15, 0.2) is 18.2 Å². The average Bonchev–Trinajstić information content (AvgIpc) is 2.22. The first-order valence-corrected chi connectivity index (χ1v) is 4.79. The number of benzene rings is 1. The van der Waals surface area contributed by atoms with E-state index in [-0.39, 0.29) is 17.6 Å². The molecule has 0 spiro atoms. The summed E-state index contributed by atoms with van der Waals surface area (Å²) in [5.41, 5.74) is 0.969. The van der Waals surface area contributed by atoms with Gasteiger partial charge in [-0.15, -0.1) is 0 Å². The van der Waals surface area contributed by atoms with E-state index in [1.165, 1.54) is 6.07 Å². The molecule has 1 aromatic carbocycles. The van der Waals surface area contributed by atoms with Crippen LogP contribution in [0, 0.1) is 12.7 Å². The van der Waals surface area contributed by atoms with E-state index in [1.807, 2.05) is 0 Å². The molecule has 0 aliphatic heterocycles. The van der Waals surface area contributed by atoms with Crippen LogP contribution in [-0.4, -0.2) is 19.0 Å². The summed E-state index contributed by atoms with van der Waals surface area (Å²) in [6.07, 6.45) is 0. The third-order valence-electron chi connectivity index (χ3n) is 2.30. The van der Waals surface area contributed by atoms with Crippen LogP contribution < -0.4 is 10.6 Å². The van der Waals surface area contributed by atoms with Gasteiger partial charge in [-0.2, -0.15) is 0 Å². The summed E-state index contributed by atoms with van der Waals surface area (Å²) in [5.74, 6) is -0.655. The number of halogens is 1. The van der Waals surface area contributed by atoms with E-state index in [4.69, 9.17) is 0 Å². The van der Waals surface area contributed by atoms with Crippen molar-refractivity contribution in [2.45, 2.75) is 19.9 Å². The molecule has 1 amide bonds. The molecule has 1 aromatic rings. The van der Waals surface area contributed by atoms with E-state index in [0.29, 0.717) is 5.56 Å². The molecule has 0 saturated heterocycles. The monoisotopic (exact) mass is 210 g/mol. The fraction of sp³-hybridized carbons (Fsp3) is 0.364. The van der Waals surface area contributed by atoms with Crippen molar-refractivity contribution in [1.29, 1.82) is 0 Å². The predicted molar refractivity (Wildman–Crippen MR) is 58.3 cm³/mol. The van der Waals surface area contributed by atoms with Gasteiger partial charge in [0.2, 0.25) is 5.91 Å². The Morgan fingerprint density at radius 2 is 2.13 bits per heavy atom. The lowest BCUT2D eigenvalue weighted by atomic mass is 10.2. The Morgan fingerprint density at radius 3 is 2.67 bits per heavy atom. The third kappa shape index (κ3) is 2.76. The Balaban J connectivity index is 2.85. The first kappa shape index (κ1) is 11.7. The zero-order chi connectivity index (χ0) is 11.4. The highest BCUT2D eigenvalue weighted by Gasteiger charge is 2.13. The molecule has 0 aliphatic rings. The van der Waals surface area contributed by atoms with Crippen molar-refractivity contribution in [2.75, 3.05) is 12.4 Å². The van der Waals surface area contributed by atoms with Gasteiger partial charge < -0.3 is 10.6 Å². The molecule has 0 aliphatic carbocycles. The molecule has 0 bridgehead atoms. The predicted octanol–water partition coefficient (Wildman–Crippen LogP) is 1.68. The van der Waals surface area contributed by atoms with Gasteiger partial charge in [0, 0.05) is 0 Å². The lowest BCUT2D eigenvalue weighted by Gasteiger charge is -2.13. The van der Waals surface area contributed by atoms with Gasteiger partial charge in [-0.1, -0.05) is 12.1 Å². The van der Waals surface area contributed by atoms with Crippen molar-refractivity contribution in [1.82, 2.24) is 5.32 Å². The van der Waals surface area contributed by atoms with Crippen LogP contribution in [0.2, 0.25) is 0 Å². The van der Waals surface area contributed by atoms with Crippen LogP contribution in [0.3, 0.4) is 0 Å². The first-order valence-electron chi connectivity index (χ1n) is 4.79. The summed E-state index contributed by atoms with van der Waals surface area (Å²) in [7, 11) is 1.68. The fourth-order valence-electron chi connectivity index (χ4n) is 1.15. The first-order chi connectivity index (χ1) is 7.06. The Labute approximate surface area is 88.7 Å². The largest absolute Gasteiger partial charge is 0.322 e. The van der Waals surface area contributed by atoms with Gasteiger partial charge in [-0.05, 0) is 32.5 Å². The van der Waals surface area contributed by atoms with Gasteiger partial charge in [0.15, 0.2) is 0 Å². The van der Waals surface area contributed by atoms with Crippen molar-refractivity contribution in [3.8, 4) is 0 Å². The van der Waals surface area contributed by atoms with Crippen molar-refractivity contribution in [2.24, 2.45) is 0 Å². The molecular formula is C11H15FN2O. The van der Waals surface area contributed by atoms with Crippen molar-refractivity contribution in [3.63, 3.8) is 0 Å². The molecule has 82 valence electrons. The van der Waals surface area contributed by atoms with Gasteiger partial charge >= 0.3 is 0 Å². The molecule has 1 atom stereocenters. The van der Waals surface area contributed by atoms with E-state index >= 15 is 0 Å². The quantitative estimate of drug-likeness (QED) is 0.797. The topological polar surface area (TPSA) is 41.1 Å². The zero-order valence-corrected chi connectivity index (χ0v) is 9.10. The molecule has 1 unspecified atom stereocenters. The van der Waals surface area contributed by atoms with Crippen LogP contribution >= 0.6 is 0 Å². The van der Waals surface area contributed by atoms with Gasteiger partial charge in [0.25, 0.3) is 0 Å². The average molecular weight is 210 g/mol. The van der Waals surface area contributed by atoms with Crippen molar-refractivity contribution < 1.29 is 9.18 Å². The SMILES string of the molecule is CNC(C)C(=O)Nc1c(C)cccc1F. The van der Waals surface area contributed by atoms with Crippen molar-refractivity contribution >= 4 is 11.6 Å². The number of hydrogen-bond acceptors (Lipinski definition) is 2. The third-order valence-corrected chi connectivity index (χ3v) is 2.30. The maximum atomic E-state index is 13.3. The molecule has 3 nitrogen and oxygen atoms in total. The van der Waals surface area contributed by atoms with Crippen LogP contribution in [-0.2, 0) is 4.79 Å². The summed E-state index contributed by atoms with van der Waals surface area (Å²) in [4.78, 5) is 11.5. The van der Waals surface area contributed by atoms with Gasteiger partial charge in [0.1, 0.15) is 5.82 Å². The molecule has 2 N–H and O–H groups in total. The molecule has 4 heteroatoms. The zero-order valence-electron chi connectivity index (χ0n) is 9.10. The summed E-state index contributed by atoms with van der Waals surface area (Å²) in [6.45, 7) is 3.47. The lowest BCUT2D eigenvalue weighted by Crippen LogP contribution is -2.35. The maximum Gasteiger partial charge on any atom is 0.241 e. The molecule has 0 radical (unpaired) electrons. The highest BCUT2D eigenvalue weighted by Crippen LogP contribution is 2.18. The molecule has 0 saturated carbocycles. The minimum Gasteiger partial charge on any atom is -0.322 e. The van der Waals surface area contributed by atoms with Gasteiger partial charge in [-0.25, -0.2) is 4.39 Å². The molecule has 0 aromatic heterocycles. The number of rotatable bonds is 3. The number of hydrogen-bond donors (Lipinski definition) is 2. The number of nitrogens with one attached hydrogen (secondary N) is 2. The molecule has 15 heavy (non-hydrogen) atoms. The van der Waals surface area contributed by atoms with E-state index in [2.05, 4.69) is 10.6 Å². The Hall–Kier alpha value is -1.42. The van der Waals surface area contributed by atoms with Crippen LogP contribution in [0.1, 0.15) is 12.5 Å². The highest BCUT2D eigenvalue weighted by atomic mass is 19.1. The number of para-hydroxylation sites is 1. The second kappa shape index (κ2) is 4.89. The number of amides is 1. The van der Waals surface area contributed by atoms with Crippen molar-refractivity contribution in [3.05, 3.63) is 29.6 Å². The van der Waals surface area contributed by atoms with E-state index in [9.17, 15) is 9.18 Å². The summed E-state index contributed by atoms with van der Waals surface area (Å²) in [6, 6.07) is 4.35. The van der Waals surface area contributed by atoms with E-state index in [0.717, 1.165) is 0 Å². The summed E-state index contributed by atoms with van der Waals surface area (Å²) < 4.78 is 13.3. The second-order valence-electron chi connectivity index (χ2n) is 3.43. The Bertz CT molecular complexity index is 345. The number of anilines is 1. The number of carbonyl (C=O) groups is 1. The molecule has 1 rings (SSSR count). The molecule has 0 heterocycles. The number of aryl methyl sites for hydroxylation is 1. The summed E-state index contributed by atoms with van der Waals surface area (Å²) >= 11 is 0. The highest BCUT2D eigenvalue weighted by molar-refractivity contribution is 5.95. The Morgan fingerprint density at radius 1 is 1.47 bits per heavy atom. The van der Waals surface area contributed by atoms with E-state index in [1.54, 1.807) is 33.0 Å². The molecular weight excluding hydrogens is 195 g/mol. The second-order valence-corrected chi connectivity index (χ2v) is 3.43. The fourth-order valence-corrected chi connectivity index (χ4v) is 1.15. The molecule has 0 fully saturated rings. The van der Waals surface area contributed by atoms with Crippen LogP contribution in [0.4, 0.5) is 10.1 Å². The smallest absolute Gasteiger partial charge is 0.241 e. The normalized spacial score (nSPS) is 12.3. The minimum absolute atomic E-state index is 0.245. The number of carbonyl (C=O) groups excluding carboxylic acids is 1. The minimum atomic E-state index is -0.411. The summed E-state index contributed by atoms with van der Waals surface area (Å²) in [5, 5.41) is 5.34. The van der Waals surface area contributed by atoms with E-state index < -0.39 is 5.82 Å². The maximum absolute atomic E-state index is 13.3. The number of likely N-dealkylation sites (N-methyl/N-ethyl adjacent to an activating group) is 1. The van der Waals surface area contributed by atoms with Gasteiger partial charge in [0.05, 0.1) is 11.7 Å². The van der Waals surface area contributed by atoms with Crippen LogP contribution in [0.25, 0.3) is 0 Å². The van der Waals surface area contributed by atoms with Gasteiger partial charge in [-0.3, -0.25) is 4.79 Å². The standard InChI is InChI=1S/C11H15FN2O/c1-7-5-4-6-9(12)10(7)14-11(15)8(2)13-3/h4-6,8,13H,1-3H3,(H,14,15). The Kier molecular flexibility index (Phi) is 3.80. The lowest BCUT2D eigenvalue weighted by molar-refractivity contribution is -0.117.